The van der Waals surface area contributed by atoms with E-state index in [2.05, 4.69) is 4.74 Å². The zero-order valence-corrected chi connectivity index (χ0v) is 7.44. The number of halogens is 3. The third kappa shape index (κ3) is 2.82. The predicted octanol–water partition coefficient (Wildman–Crippen LogP) is 0.947. The zero-order valence-electron chi connectivity index (χ0n) is 7.44. The molecule has 0 aromatic carbocycles. The van der Waals surface area contributed by atoms with Gasteiger partial charge in [0.1, 0.15) is 11.5 Å². The van der Waals surface area contributed by atoms with Crippen molar-refractivity contribution in [1.82, 2.24) is 0 Å². The highest BCUT2D eigenvalue weighted by molar-refractivity contribution is 6.19. The van der Waals surface area contributed by atoms with E-state index in [0.29, 0.717) is 0 Å². The van der Waals surface area contributed by atoms with Crippen molar-refractivity contribution in [2.24, 2.45) is 5.92 Å². The van der Waals surface area contributed by atoms with Gasteiger partial charge in [-0.3, -0.25) is 15.0 Å². The van der Waals surface area contributed by atoms with Gasteiger partial charge in [-0.05, 0) is 6.92 Å². The van der Waals surface area contributed by atoms with Gasteiger partial charge in [0, 0.05) is 0 Å². The molecule has 0 heterocycles. The van der Waals surface area contributed by atoms with Crippen LogP contribution in [-0.2, 0) is 14.3 Å². The number of hydrogen-bond donors (Lipinski definition) is 1. The maximum Gasteiger partial charge on any atom is 0.430 e. The summed E-state index contributed by atoms with van der Waals surface area (Å²) in [5.41, 5.74) is -1.91. The largest absolute Gasteiger partial charge is 0.468 e. The van der Waals surface area contributed by atoms with Crippen molar-refractivity contribution in [2.45, 2.75) is 13.1 Å². The minimum atomic E-state index is -5.00. The van der Waals surface area contributed by atoms with Crippen molar-refractivity contribution >= 4 is 17.5 Å². The maximum absolute atomic E-state index is 12.0. The first-order valence-corrected chi connectivity index (χ1v) is 3.45. The van der Waals surface area contributed by atoms with Crippen molar-refractivity contribution in [3.05, 3.63) is 0 Å². The normalized spacial score (nSPS) is 13.2. The van der Waals surface area contributed by atoms with Crippen LogP contribution in [0.4, 0.5) is 13.2 Å². The van der Waals surface area contributed by atoms with Gasteiger partial charge < -0.3 is 4.74 Å². The van der Waals surface area contributed by atoms with Crippen molar-refractivity contribution in [3.63, 3.8) is 0 Å². The summed E-state index contributed by atoms with van der Waals surface area (Å²) < 4.78 is 39.9. The molecular weight excluding hydrogens is 203 g/mol. The third-order valence-electron chi connectivity index (χ3n) is 1.44. The zero-order chi connectivity index (χ0) is 11.5. The molecule has 0 aromatic rings. The molecule has 0 aromatic heterocycles. The predicted molar refractivity (Wildman–Crippen MR) is 40.0 cm³/mol. The van der Waals surface area contributed by atoms with Gasteiger partial charge in [-0.15, -0.1) is 0 Å². The molecule has 0 aliphatic carbocycles. The van der Waals surface area contributed by atoms with E-state index in [1.54, 1.807) is 0 Å². The summed E-state index contributed by atoms with van der Waals surface area (Å²) in [6, 6.07) is 0. The highest BCUT2D eigenvalue weighted by atomic mass is 19.4. The molecule has 0 aliphatic heterocycles. The van der Waals surface area contributed by atoms with Gasteiger partial charge in [-0.1, -0.05) is 0 Å². The number of ketones is 1. The standard InChI is InChI=1S/C7H8F3NO3/c1-3(12)4(6(13)14-2)5(11)7(8,9)10/h4,11H,1-2H3. The van der Waals surface area contributed by atoms with Gasteiger partial charge in [0.25, 0.3) is 0 Å². The first-order valence-electron chi connectivity index (χ1n) is 3.45. The Morgan fingerprint density at radius 3 is 2.00 bits per heavy atom. The molecular formula is C7H8F3NO3. The number of hydrogen-bond acceptors (Lipinski definition) is 4. The minimum absolute atomic E-state index is 0.794. The van der Waals surface area contributed by atoms with Crippen LogP contribution in [0.2, 0.25) is 0 Å². The lowest BCUT2D eigenvalue weighted by molar-refractivity contribution is -0.147. The molecule has 1 N–H and O–H groups in total. The molecule has 7 heteroatoms. The van der Waals surface area contributed by atoms with Gasteiger partial charge in [-0.25, -0.2) is 0 Å². The third-order valence-corrected chi connectivity index (χ3v) is 1.44. The SMILES string of the molecule is COC(=O)C(C(=N)C(F)(F)F)C(C)=O. The Bertz CT molecular complexity index is 272. The maximum atomic E-state index is 12.0. The second kappa shape index (κ2) is 4.21. The molecule has 80 valence electrons. The number of esters is 1. The van der Waals surface area contributed by atoms with Crippen LogP contribution < -0.4 is 0 Å². The molecule has 0 radical (unpaired) electrons. The average Bonchev–Trinajstić information content (AvgIpc) is 2.01. The van der Waals surface area contributed by atoms with E-state index in [9.17, 15) is 22.8 Å². The molecule has 0 saturated heterocycles. The summed E-state index contributed by atoms with van der Waals surface area (Å²) in [5, 5.41) is 6.61. The van der Waals surface area contributed by atoms with Crippen molar-refractivity contribution in [1.29, 1.82) is 5.41 Å². The molecule has 0 aliphatic rings. The Morgan fingerprint density at radius 1 is 1.36 bits per heavy atom. The Kier molecular flexibility index (Phi) is 3.79. The molecule has 14 heavy (non-hydrogen) atoms. The number of Topliss-reactive ketones (excluding diaryl/α,β-unsaturated/α-hetero) is 1. The summed E-state index contributed by atoms with van der Waals surface area (Å²) in [7, 11) is 0.849. The van der Waals surface area contributed by atoms with Crippen LogP contribution >= 0.6 is 0 Å². The van der Waals surface area contributed by atoms with Crippen LogP contribution in [0.15, 0.2) is 0 Å². The molecule has 0 amide bonds. The van der Waals surface area contributed by atoms with Crippen molar-refractivity contribution in [2.75, 3.05) is 7.11 Å². The number of rotatable bonds is 3. The average molecular weight is 211 g/mol. The number of methoxy groups -OCH3 is 1. The van der Waals surface area contributed by atoms with E-state index in [4.69, 9.17) is 5.41 Å². The second-order valence-corrected chi connectivity index (χ2v) is 2.48. The van der Waals surface area contributed by atoms with E-state index in [1.165, 1.54) is 0 Å². The summed E-state index contributed by atoms with van der Waals surface area (Å²) in [6.07, 6.45) is -5.00. The van der Waals surface area contributed by atoms with E-state index >= 15 is 0 Å². The number of carbonyl (C=O) groups is 2. The van der Waals surface area contributed by atoms with Gasteiger partial charge >= 0.3 is 12.1 Å². The number of nitrogens with one attached hydrogen (secondary N) is 1. The summed E-state index contributed by atoms with van der Waals surface area (Å²) in [6.45, 7) is 0.794. The molecule has 0 spiro atoms. The van der Waals surface area contributed by atoms with Gasteiger partial charge in [0.15, 0.2) is 5.92 Å². The number of carbonyl (C=O) groups excluding carboxylic acids is 2. The molecule has 0 rings (SSSR count). The molecule has 1 unspecified atom stereocenters. The Hall–Kier alpha value is -1.40. The highest BCUT2D eigenvalue weighted by Gasteiger charge is 2.45. The van der Waals surface area contributed by atoms with Gasteiger partial charge in [0.2, 0.25) is 0 Å². The van der Waals surface area contributed by atoms with E-state index in [0.717, 1.165) is 14.0 Å². The molecule has 0 fully saturated rings. The van der Waals surface area contributed by atoms with Crippen LogP contribution in [0.1, 0.15) is 6.92 Å². The van der Waals surface area contributed by atoms with Gasteiger partial charge in [-0.2, -0.15) is 13.2 Å². The fourth-order valence-corrected chi connectivity index (χ4v) is 0.769. The van der Waals surface area contributed by atoms with Gasteiger partial charge in [0.05, 0.1) is 7.11 Å². The first kappa shape index (κ1) is 12.6. The van der Waals surface area contributed by atoms with Crippen molar-refractivity contribution in [3.8, 4) is 0 Å². The molecule has 0 bridgehead atoms. The highest BCUT2D eigenvalue weighted by Crippen LogP contribution is 2.22. The number of alkyl halides is 3. The molecule has 1 atom stereocenters. The van der Waals surface area contributed by atoms with Crippen LogP contribution in [0, 0.1) is 11.3 Å². The smallest absolute Gasteiger partial charge is 0.430 e. The fourth-order valence-electron chi connectivity index (χ4n) is 0.769. The Balaban J connectivity index is 4.95. The van der Waals surface area contributed by atoms with E-state index in [-0.39, 0.29) is 0 Å². The first-order chi connectivity index (χ1) is 6.21. The lowest BCUT2D eigenvalue weighted by Crippen LogP contribution is -2.39. The summed E-state index contributed by atoms with van der Waals surface area (Å²) >= 11 is 0. The molecule has 0 saturated carbocycles. The number of ether oxygens (including phenoxy) is 1. The van der Waals surface area contributed by atoms with Crippen LogP contribution in [0.3, 0.4) is 0 Å². The summed E-state index contributed by atoms with van der Waals surface area (Å²) in [4.78, 5) is 21.4. The molecule has 4 nitrogen and oxygen atoms in total. The minimum Gasteiger partial charge on any atom is -0.468 e. The van der Waals surface area contributed by atoms with Crippen LogP contribution in [0.25, 0.3) is 0 Å². The monoisotopic (exact) mass is 211 g/mol. The second-order valence-electron chi connectivity index (χ2n) is 2.48. The van der Waals surface area contributed by atoms with E-state index in [1.807, 2.05) is 0 Å². The van der Waals surface area contributed by atoms with Crippen LogP contribution in [-0.4, -0.2) is 30.8 Å². The van der Waals surface area contributed by atoms with E-state index < -0.39 is 29.6 Å². The Labute approximate surface area is 77.5 Å². The lowest BCUT2D eigenvalue weighted by atomic mass is 9.99. The topological polar surface area (TPSA) is 67.2 Å². The van der Waals surface area contributed by atoms with Crippen LogP contribution in [0.5, 0.6) is 0 Å². The quantitative estimate of drug-likeness (QED) is 0.429. The summed E-state index contributed by atoms with van der Waals surface area (Å²) in [5.74, 6) is -4.63. The van der Waals surface area contributed by atoms with Crippen molar-refractivity contribution < 1.29 is 27.5 Å². The lowest BCUT2D eigenvalue weighted by Gasteiger charge is -2.14. The Morgan fingerprint density at radius 2 is 1.79 bits per heavy atom. The fraction of sp³-hybridized carbons (Fsp3) is 0.571.